The van der Waals surface area contributed by atoms with Crippen LogP contribution < -0.4 is 25.5 Å². The van der Waals surface area contributed by atoms with Gasteiger partial charge in [0.25, 0.3) is 0 Å². The summed E-state index contributed by atoms with van der Waals surface area (Å²) in [7, 11) is 4.78. The number of ether oxygens (including phenoxy) is 4. The third kappa shape index (κ3) is 4.00. The number of methoxy groups -OCH3 is 3. The van der Waals surface area contributed by atoms with Crippen LogP contribution in [0.5, 0.6) is 17.2 Å². The molecule has 0 amide bonds. The van der Waals surface area contributed by atoms with Gasteiger partial charge in [-0.05, 0) is 12.5 Å². The predicted molar refractivity (Wildman–Crippen MR) is 77.3 cm³/mol. The van der Waals surface area contributed by atoms with Gasteiger partial charge in [0.05, 0.1) is 34.0 Å². The summed E-state index contributed by atoms with van der Waals surface area (Å²) in [6.45, 7) is 3.20. The van der Waals surface area contributed by atoms with Gasteiger partial charge in [-0.25, -0.2) is 0 Å². The first kappa shape index (κ1) is 16.6. The number of nitrogens with one attached hydrogen (secondary N) is 1. The van der Waals surface area contributed by atoms with Crippen molar-refractivity contribution in [1.29, 1.82) is 0 Å². The first-order valence-corrected chi connectivity index (χ1v) is 6.55. The maximum Gasteiger partial charge on any atom is 0.164 e. The number of hydrogen-bond acceptors (Lipinski definition) is 6. The highest BCUT2D eigenvalue weighted by Gasteiger charge is 2.19. The van der Waals surface area contributed by atoms with Gasteiger partial charge in [0, 0.05) is 18.2 Å². The SMILES string of the molecule is CCCOCC(NN)c1cc(OC)c(OC)cc1OC. The highest BCUT2D eigenvalue weighted by atomic mass is 16.5. The Balaban J connectivity index is 3.05. The molecule has 114 valence electrons. The Morgan fingerprint density at radius 2 is 1.65 bits per heavy atom. The second kappa shape index (κ2) is 8.63. The molecule has 1 aromatic carbocycles. The normalized spacial score (nSPS) is 12.1. The van der Waals surface area contributed by atoms with E-state index >= 15 is 0 Å². The minimum atomic E-state index is -0.184. The number of rotatable bonds is 9. The molecule has 0 spiro atoms. The van der Waals surface area contributed by atoms with E-state index in [0.717, 1.165) is 12.0 Å². The van der Waals surface area contributed by atoms with E-state index in [1.807, 2.05) is 6.07 Å². The summed E-state index contributed by atoms with van der Waals surface area (Å²) >= 11 is 0. The smallest absolute Gasteiger partial charge is 0.164 e. The lowest BCUT2D eigenvalue weighted by Gasteiger charge is -2.21. The molecule has 0 heterocycles. The molecule has 6 nitrogen and oxygen atoms in total. The van der Waals surface area contributed by atoms with Gasteiger partial charge in [-0.2, -0.15) is 0 Å². The van der Waals surface area contributed by atoms with E-state index in [0.29, 0.717) is 30.5 Å². The number of hydrazine groups is 1. The Hall–Kier alpha value is -1.50. The minimum Gasteiger partial charge on any atom is -0.496 e. The van der Waals surface area contributed by atoms with Gasteiger partial charge in [-0.1, -0.05) is 6.92 Å². The van der Waals surface area contributed by atoms with E-state index in [9.17, 15) is 0 Å². The minimum absolute atomic E-state index is 0.184. The summed E-state index contributed by atoms with van der Waals surface area (Å²) in [5.74, 6) is 7.52. The fourth-order valence-corrected chi connectivity index (χ4v) is 1.90. The summed E-state index contributed by atoms with van der Waals surface area (Å²) in [4.78, 5) is 0. The molecule has 0 aliphatic rings. The predicted octanol–water partition coefficient (Wildman–Crippen LogP) is 1.64. The molecule has 0 aliphatic heterocycles. The van der Waals surface area contributed by atoms with Crippen LogP contribution in [0.3, 0.4) is 0 Å². The zero-order valence-electron chi connectivity index (χ0n) is 12.6. The summed E-state index contributed by atoms with van der Waals surface area (Å²) in [6, 6.07) is 3.44. The maximum absolute atomic E-state index is 5.62. The molecule has 20 heavy (non-hydrogen) atoms. The average Bonchev–Trinajstić information content (AvgIpc) is 2.50. The van der Waals surface area contributed by atoms with Crippen molar-refractivity contribution in [2.45, 2.75) is 19.4 Å². The Morgan fingerprint density at radius 3 is 2.15 bits per heavy atom. The monoisotopic (exact) mass is 284 g/mol. The molecule has 0 aliphatic carbocycles. The van der Waals surface area contributed by atoms with Crippen LogP contribution in [0.15, 0.2) is 12.1 Å². The van der Waals surface area contributed by atoms with Gasteiger partial charge < -0.3 is 18.9 Å². The number of nitrogens with two attached hydrogens (primary N) is 1. The molecule has 1 atom stereocenters. The lowest BCUT2D eigenvalue weighted by atomic mass is 10.1. The zero-order valence-corrected chi connectivity index (χ0v) is 12.6. The second-order valence-electron chi connectivity index (χ2n) is 4.24. The van der Waals surface area contributed by atoms with Crippen LogP contribution in [-0.2, 0) is 4.74 Å². The lowest BCUT2D eigenvalue weighted by Crippen LogP contribution is -2.31. The van der Waals surface area contributed by atoms with Gasteiger partial charge in [0.1, 0.15) is 5.75 Å². The van der Waals surface area contributed by atoms with Crippen molar-refractivity contribution in [2.75, 3.05) is 34.5 Å². The van der Waals surface area contributed by atoms with Crippen LogP contribution in [0.1, 0.15) is 24.9 Å². The molecule has 0 bridgehead atoms. The summed E-state index contributed by atoms with van der Waals surface area (Å²) in [6.07, 6.45) is 0.959. The molecule has 1 rings (SSSR count). The van der Waals surface area contributed by atoms with Crippen molar-refractivity contribution in [3.05, 3.63) is 17.7 Å². The summed E-state index contributed by atoms with van der Waals surface area (Å²) < 4.78 is 21.5. The van der Waals surface area contributed by atoms with Crippen LogP contribution in [0.25, 0.3) is 0 Å². The van der Waals surface area contributed by atoms with E-state index in [2.05, 4.69) is 12.3 Å². The topological polar surface area (TPSA) is 75.0 Å². The van der Waals surface area contributed by atoms with Crippen molar-refractivity contribution >= 4 is 0 Å². The van der Waals surface area contributed by atoms with Gasteiger partial charge in [0.2, 0.25) is 0 Å². The average molecular weight is 284 g/mol. The third-order valence-electron chi connectivity index (χ3n) is 2.95. The van der Waals surface area contributed by atoms with Crippen LogP contribution in [-0.4, -0.2) is 34.5 Å². The molecular weight excluding hydrogens is 260 g/mol. The molecule has 0 fully saturated rings. The van der Waals surface area contributed by atoms with Crippen molar-refractivity contribution in [3.63, 3.8) is 0 Å². The van der Waals surface area contributed by atoms with E-state index in [1.54, 1.807) is 27.4 Å². The Kier molecular flexibility index (Phi) is 7.14. The Morgan fingerprint density at radius 1 is 1.05 bits per heavy atom. The van der Waals surface area contributed by atoms with Crippen LogP contribution in [0.2, 0.25) is 0 Å². The molecule has 0 radical (unpaired) electrons. The quantitative estimate of drug-likeness (QED) is 0.408. The molecule has 0 aromatic heterocycles. The van der Waals surface area contributed by atoms with Crippen LogP contribution in [0, 0.1) is 0 Å². The van der Waals surface area contributed by atoms with Gasteiger partial charge >= 0.3 is 0 Å². The van der Waals surface area contributed by atoms with E-state index < -0.39 is 0 Å². The fourth-order valence-electron chi connectivity index (χ4n) is 1.90. The Bertz CT molecular complexity index is 412. The molecule has 3 N–H and O–H groups in total. The molecule has 6 heteroatoms. The highest BCUT2D eigenvalue weighted by Crippen LogP contribution is 2.37. The summed E-state index contributed by atoms with van der Waals surface area (Å²) in [5.41, 5.74) is 3.60. The molecule has 0 saturated heterocycles. The van der Waals surface area contributed by atoms with E-state index in [4.69, 9.17) is 24.8 Å². The van der Waals surface area contributed by atoms with Gasteiger partial charge in [-0.3, -0.25) is 11.3 Å². The number of hydrogen-bond donors (Lipinski definition) is 2. The van der Waals surface area contributed by atoms with Crippen molar-refractivity contribution < 1.29 is 18.9 Å². The van der Waals surface area contributed by atoms with Crippen LogP contribution in [0.4, 0.5) is 0 Å². The van der Waals surface area contributed by atoms with Crippen LogP contribution >= 0.6 is 0 Å². The van der Waals surface area contributed by atoms with Gasteiger partial charge in [0.15, 0.2) is 11.5 Å². The van der Waals surface area contributed by atoms with Crippen molar-refractivity contribution in [1.82, 2.24) is 5.43 Å². The molecule has 0 saturated carbocycles. The van der Waals surface area contributed by atoms with E-state index in [-0.39, 0.29) is 6.04 Å². The molecule has 1 unspecified atom stereocenters. The van der Waals surface area contributed by atoms with E-state index in [1.165, 1.54) is 0 Å². The zero-order chi connectivity index (χ0) is 15.0. The lowest BCUT2D eigenvalue weighted by molar-refractivity contribution is 0.111. The number of benzene rings is 1. The third-order valence-corrected chi connectivity index (χ3v) is 2.95. The van der Waals surface area contributed by atoms with Crippen molar-refractivity contribution in [3.8, 4) is 17.2 Å². The highest BCUT2D eigenvalue weighted by molar-refractivity contribution is 5.51. The van der Waals surface area contributed by atoms with Crippen molar-refractivity contribution in [2.24, 2.45) is 5.84 Å². The second-order valence-corrected chi connectivity index (χ2v) is 4.24. The standard InChI is InChI=1S/C14H24N2O4/c1-5-6-20-9-11(16-15)10-7-13(18-3)14(19-4)8-12(10)17-2/h7-8,11,16H,5-6,9,15H2,1-4H3. The fraction of sp³-hybridized carbons (Fsp3) is 0.571. The first-order chi connectivity index (χ1) is 9.71. The Labute approximate surface area is 120 Å². The summed E-state index contributed by atoms with van der Waals surface area (Å²) in [5, 5.41) is 0. The maximum atomic E-state index is 5.62. The van der Waals surface area contributed by atoms with Gasteiger partial charge in [-0.15, -0.1) is 0 Å². The molecular formula is C14H24N2O4. The molecule has 1 aromatic rings. The first-order valence-electron chi connectivity index (χ1n) is 6.55. The largest absolute Gasteiger partial charge is 0.496 e.